The molecule has 0 radical (unpaired) electrons. The van der Waals surface area contributed by atoms with Gasteiger partial charge in [-0.2, -0.15) is 0 Å². The van der Waals surface area contributed by atoms with Crippen LogP contribution in [0.25, 0.3) is 110 Å². The Morgan fingerprint density at radius 3 is 1.80 bits per heavy atom. The van der Waals surface area contributed by atoms with Gasteiger partial charge >= 0.3 is 0 Å². The van der Waals surface area contributed by atoms with E-state index in [1.165, 1.54) is 64.9 Å². The largest absolute Gasteiger partial charge is 0.309 e. The Labute approximate surface area is 309 Å². The Bertz CT molecular complexity index is 3510. The van der Waals surface area contributed by atoms with E-state index < -0.39 is 0 Å². The molecule has 0 aliphatic carbocycles. The number of rotatable bonds is 3. The number of aromatic nitrogens is 4. The summed E-state index contributed by atoms with van der Waals surface area (Å²) in [4.78, 5) is 10.6. The lowest BCUT2D eigenvalue weighted by atomic mass is 10.0. The quantitative estimate of drug-likeness (QED) is 0.185. The van der Waals surface area contributed by atoms with E-state index in [9.17, 15) is 0 Å². The number of hydrogen-bond acceptors (Lipinski definition) is 2. The third-order valence-electron chi connectivity index (χ3n) is 11.2. The van der Waals surface area contributed by atoms with E-state index in [2.05, 4.69) is 191 Å². The van der Waals surface area contributed by atoms with Gasteiger partial charge in [0.25, 0.3) is 0 Å². The van der Waals surface area contributed by atoms with Crippen LogP contribution < -0.4 is 0 Å². The molecular weight excluding hydrogens is 657 g/mol. The van der Waals surface area contributed by atoms with Crippen molar-refractivity contribution in [3.8, 4) is 22.9 Å². The lowest BCUT2D eigenvalue weighted by molar-refractivity contribution is 1.08. The molecule has 0 N–H and O–H groups in total. The van der Waals surface area contributed by atoms with Crippen molar-refractivity contribution in [1.29, 1.82) is 0 Å². The number of para-hydroxylation sites is 2. The zero-order chi connectivity index (χ0) is 35.3. The van der Waals surface area contributed by atoms with Crippen LogP contribution in [-0.4, -0.2) is 19.1 Å². The summed E-state index contributed by atoms with van der Waals surface area (Å²) in [5.41, 5.74) is 7.64. The van der Waals surface area contributed by atoms with Gasteiger partial charge in [-0.3, -0.25) is 4.57 Å². The molecule has 12 aromatic rings. The average Bonchev–Trinajstić information content (AvgIpc) is 3.74. The van der Waals surface area contributed by atoms with E-state index >= 15 is 0 Å². The van der Waals surface area contributed by atoms with Crippen molar-refractivity contribution in [3.05, 3.63) is 182 Å². The third kappa shape index (κ3) is 4.19. The van der Waals surface area contributed by atoms with Crippen LogP contribution in [0.2, 0.25) is 0 Å². The molecule has 0 fully saturated rings. The molecule has 0 saturated carbocycles. The van der Waals surface area contributed by atoms with Crippen LogP contribution in [0.4, 0.5) is 0 Å². The average molecular weight is 687 g/mol. The molecule has 3 heterocycles. The maximum atomic E-state index is 5.43. The van der Waals surface area contributed by atoms with Crippen molar-refractivity contribution < 1.29 is 0 Å². The summed E-state index contributed by atoms with van der Waals surface area (Å²) in [5, 5.41) is 13.2. The van der Waals surface area contributed by atoms with Gasteiger partial charge in [0.05, 0.1) is 27.6 Å². The maximum Gasteiger partial charge on any atom is 0.162 e. The molecule has 0 aliphatic rings. The fraction of sp³-hybridized carbons (Fsp3) is 0. The molecule has 54 heavy (non-hydrogen) atoms. The molecule has 0 atom stereocenters. The Morgan fingerprint density at radius 1 is 0.333 bits per heavy atom. The van der Waals surface area contributed by atoms with Crippen LogP contribution in [0.1, 0.15) is 0 Å². The van der Waals surface area contributed by atoms with Crippen molar-refractivity contribution in [2.75, 3.05) is 0 Å². The predicted octanol–water partition coefficient (Wildman–Crippen LogP) is 13.0. The molecule has 0 unspecified atom stereocenters. The lowest BCUT2D eigenvalue weighted by Gasteiger charge is -2.13. The first-order valence-corrected chi connectivity index (χ1v) is 18.4. The van der Waals surface area contributed by atoms with Crippen molar-refractivity contribution in [2.24, 2.45) is 0 Å². The minimum Gasteiger partial charge on any atom is -0.309 e. The smallest absolute Gasteiger partial charge is 0.162 e. The van der Waals surface area contributed by atoms with Crippen LogP contribution in [-0.2, 0) is 0 Å². The number of benzene rings is 9. The minimum atomic E-state index is 0.708. The molecule has 3 aromatic heterocycles. The fourth-order valence-corrected chi connectivity index (χ4v) is 8.77. The second-order valence-corrected chi connectivity index (χ2v) is 14.2. The number of nitrogens with zero attached hydrogens (tertiary/aromatic N) is 4. The number of fused-ring (bicyclic) bond motifs is 11. The van der Waals surface area contributed by atoms with Crippen LogP contribution in [0.3, 0.4) is 0 Å². The van der Waals surface area contributed by atoms with Crippen LogP contribution in [0.15, 0.2) is 182 Å². The Balaban J connectivity index is 1.17. The van der Waals surface area contributed by atoms with Gasteiger partial charge in [-0.25, -0.2) is 9.97 Å². The first kappa shape index (κ1) is 29.3. The monoisotopic (exact) mass is 686 g/mol. The SMILES string of the molecule is c1ccc2cc(-c3nc(-n4c5ccc(-n6c7ccccc7c7c8ccccc8ccc76)cc5c5cc6ccccc6cc54)c4ccccc4n3)ccc2c1. The lowest BCUT2D eigenvalue weighted by Crippen LogP contribution is -2.03. The van der Waals surface area contributed by atoms with Gasteiger partial charge in [0.2, 0.25) is 0 Å². The normalized spacial score (nSPS) is 12.1. The van der Waals surface area contributed by atoms with Gasteiger partial charge in [0, 0.05) is 38.2 Å². The van der Waals surface area contributed by atoms with Gasteiger partial charge < -0.3 is 4.57 Å². The summed E-state index contributed by atoms with van der Waals surface area (Å²) in [5.74, 6) is 1.58. The second kappa shape index (κ2) is 11.1. The zero-order valence-electron chi connectivity index (χ0n) is 29.1. The minimum absolute atomic E-state index is 0.708. The van der Waals surface area contributed by atoms with E-state index in [1.54, 1.807) is 0 Å². The second-order valence-electron chi connectivity index (χ2n) is 14.2. The van der Waals surface area contributed by atoms with Gasteiger partial charge in [0.1, 0.15) is 5.82 Å². The summed E-state index contributed by atoms with van der Waals surface area (Å²) in [6.07, 6.45) is 0. The van der Waals surface area contributed by atoms with E-state index in [4.69, 9.17) is 9.97 Å². The maximum absolute atomic E-state index is 5.43. The molecule has 4 nitrogen and oxygen atoms in total. The first-order valence-electron chi connectivity index (χ1n) is 18.4. The Hall–Kier alpha value is -7.30. The van der Waals surface area contributed by atoms with Crippen molar-refractivity contribution >= 4 is 86.8 Å². The highest BCUT2D eigenvalue weighted by atomic mass is 15.1. The molecule has 4 heteroatoms. The molecule has 9 aromatic carbocycles. The topological polar surface area (TPSA) is 35.6 Å². The zero-order valence-corrected chi connectivity index (χ0v) is 29.1. The van der Waals surface area contributed by atoms with Crippen LogP contribution in [0, 0.1) is 0 Å². The molecule has 12 rings (SSSR count). The van der Waals surface area contributed by atoms with E-state index in [0.717, 1.165) is 39.0 Å². The Morgan fingerprint density at radius 2 is 0.944 bits per heavy atom. The Kier molecular flexibility index (Phi) is 6.02. The highest BCUT2D eigenvalue weighted by Crippen LogP contribution is 2.41. The van der Waals surface area contributed by atoms with E-state index in [-0.39, 0.29) is 0 Å². The first-order chi connectivity index (χ1) is 26.8. The fourth-order valence-electron chi connectivity index (χ4n) is 8.77. The van der Waals surface area contributed by atoms with Crippen LogP contribution in [0.5, 0.6) is 0 Å². The van der Waals surface area contributed by atoms with E-state index in [0.29, 0.717) is 5.82 Å². The van der Waals surface area contributed by atoms with Crippen molar-refractivity contribution in [1.82, 2.24) is 19.1 Å². The van der Waals surface area contributed by atoms with Gasteiger partial charge in [-0.1, -0.05) is 121 Å². The molecule has 250 valence electrons. The summed E-state index contributed by atoms with van der Waals surface area (Å²) >= 11 is 0. The standard InChI is InChI=1S/C50H30N4/c1-2-13-33-27-36(22-21-31(33)11-1)49-51-43-19-9-7-17-39(43)50(52-49)54-45-26-24-37(30-42(45)41-28-34-14-3-4-15-35(34)29-47(41)54)53-44-20-10-8-18-40(44)48-38-16-6-5-12-32(38)23-25-46(48)53/h1-30H. The molecule has 0 saturated heterocycles. The van der Waals surface area contributed by atoms with Crippen molar-refractivity contribution in [2.45, 2.75) is 0 Å². The van der Waals surface area contributed by atoms with Gasteiger partial charge in [-0.15, -0.1) is 0 Å². The van der Waals surface area contributed by atoms with Gasteiger partial charge in [0.15, 0.2) is 5.82 Å². The molecule has 0 spiro atoms. The molecule has 0 bridgehead atoms. The highest BCUT2D eigenvalue weighted by molar-refractivity contribution is 6.22. The summed E-state index contributed by atoms with van der Waals surface area (Å²) < 4.78 is 4.79. The highest BCUT2D eigenvalue weighted by Gasteiger charge is 2.21. The van der Waals surface area contributed by atoms with Gasteiger partial charge in [-0.05, 0) is 93.0 Å². The summed E-state index contributed by atoms with van der Waals surface area (Å²) in [6.45, 7) is 0. The summed E-state index contributed by atoms with van der Waals surface area (Å²) in [6, 6.07) is 65.6. The van der Waals surface area contributed by atoms with Crippen molar-refractivity contribution in [3.63, 3.8) is 0 Å². The van der Waals surface area contributed by atoms with E-state index in [1.807, 2.05) is 0 Å². The predicted molar refractivity (Wildman–Crippen MR) is 226 cm³/mol. The number of hydrogen-bond donors (Lipinski definition) is 0. The third-order valence-corrected chi connectivity index (χ3v) is 11.2. The molecular formula is C50H30N4. The molecule has 0 amide bonds. The summed E-state index contributed by atoms with van der Waals surface area (Å²) in [7, 11) is 0. The molecule has 0 aliphatic heterocycles. The van der Waals surface area contributed by atoms with Crippen LogP contribution >= 0.6 is 0 Å².